The minimum absolute atomic E-state index is 0.0840. The Kier molecular flexibility index (Phi) is 3.00. The van der Waals surface area contributed by atoms with Gasteiger partial charge >= 0.3 is 5.97 Å². The first-order chi connectivity index (χ1) is 13.3. The molecule has 0 bridgehead atoms. The van der Waals surface area contributed by atoms with Crippen LogP contribution in [0.1, 0.15) is 46.5 Å². The third kappa shape index (κ3) is 1.52. The van der Waals surface area contributed by atoms with Gasteiger partial charge in [0.15, 0.2) is 6.10 Å². The molecule has 0 aromatic rings. The van der Waals surface area contributed by atoms with Crippen LogP contribution in [0.5, 0.6) is 0 Å². The second-order valence-corrected chi connectivity index (χ2v) is 9.95. The summed E-state index contributed by atoms with van der Waals surface area (Å²) in [4.78, 5) is 23.5. The van der Waals surface area contributed by atoms with Crippen LogP contribution >= 0.6 is 0 Å². The summed E-state index contributed by atoms with van der Waals surface area (Å²) in [6.07, 6.45) is 1.38. The first-order valence-electron chi connectivity index (χ1n) is 10.3. The van der Waals surface area contributed by atoms with Gasteiger partial charge in [-0.15, -0.1) is 0 Å². The Morgan fingerprint density at radius 3 is 2.75 bits per heavy atom. The topological polar surface area (TPSA) is 97.9 Å². The highest BCUT2D eigenvalue weighted by Gasteiger charge is 2.94. The second-order valence-electron chi connectivity index (χ2n) is 9.95. The van der Waals surface area contributed by atoms with Gasteiger partial charge in [0.05, 0.1) is 0 Å². The van der Waals surface area contributed by atoms with Crippen LogP contribution in [0.15, 0.2) is 11.1 Å². The molecule has 6 rings (SSSR count). The van der Waals surface area contributed by atoms with E-state index in [1.807, 2.05) is 13.8 Å². The molecule has 8 atom stereocenters. The SMILES string of the molecule is CC(C)C12OC1C1OC13C1(C)CCC4=C(COC4=O)C1CCC3(O)C2OC=O. The predicted molar refractivity (Wildman–Crippen MR) is 94.0 cm³/mol. The zero-order valence-corrected chi connectivity index (χ0v) is 16.4. The van der Waals surface area contributed by atoms with E-state index < -0.39 is 22.9 Å². The highest BCUT2D eigenvalue weighted by Crippen LogP contribution is 2.78. The van der Waals surface area contributed by atoms with E-state index in [4.69, 9.17) is 18.9 Å². The molecule has 1 N–H and O–H groups in total. The van der Waals surface area contributed by atoms with Crippen molar-refractivity contribution < 1.29 is 33.6 Å². The number of hydrogen-bond donors (Lipinski definition) is 1. The average Bonchev–Trinajstić information content (AvgIpc) is 3.52. The van der Waals surface area contributed by atoms with Crippen molar-refractivity contribution in [1.29, 1.82) is 0 Å². The van der Waals surface area contributed by atoms with Crippen LogP contribution in [-0.4, -0.2) is 59.3 Å². The Bertz CT molecular complexity index is 835. The fourth-order valence-electron chi connectivity index (χ4n) is 7.63. The third-order valence-electron chi connectivity index (χ3n) is 8.97. The summed E-state index contributed by atoms with van der Waals surface area (Å²) in [7, 11) is 0. The summed E-state index contributed by atoms with van der Waals surface area (Å²) in [5, 5.41) is 12.1. The Hall–Kier alpha value is -1.44. The summed E-state index contributed by atoms with van der Waals surface area (Å²) < 4.78 is 23.5. The number of carbonyl (C=O) groups is 2. The molecule has 1 spiro atoms. The molecule has 7 nitrogen and oxygen atoms in total. The van der Waals surface area contributed by atoms with Crippen molar-refractivity contribution >= 4 is 12.4 Å². The minimum atomic E-state index is -1.30. The van der Waals surface area contributed by atoms with Crippen LogP contribution in [0, 0.1) is 17.3 Å². The fourth-order valence-corrected chi connectivity index (χ4v) is 7.63. The van der Waals surface area contributed by atoms with E-state index in [2.05, 4.69) is 6.92 Å². The van der Waals surface area contributed by atoms with Gasteiger partial charge in [-0.1, -0.05) is 20.8 Å². The van der Waals surface area contributed by atoms with Gasteiger partial charge in [0, 0.05) is 11.0 Å². The van der Waals surface area contributed by atoms with Crippen molar-refractivity contribution in [3.63, 3.8) is 0 Å². The summed E-state index contributed by atoms with van der Waals surface area (Å²) in [5.74, 6) is 0.00897. The van der Waals surface area contributed by atoms with Gasteiger partial charge in [-0.3, -0.25) is 4.79 Å². The number of esters is 1. The number of epoxide rings is 2. The van der Waals surface area contributed by atoms with E-state index in [9.17, 15) is 14.7 Å². The van der Waals surface area contributed by atoms with Gasteiger partial charge in [0.25, 0.3) is 6.47 Å². The zero-order valence-electron chi connectivity index (χ0n) is 16.4. The molecule has 3 aliphatic heterocycles. The summed E-state index contributed by atoms with van der Waals surface area (Å²) in [6.45, 7) is 7.01. The Labute approximate surface area is 163 Å². The second kappa shape index (κ2) is 4.82. The summed E-state index contributed by atoms with van der Waals surface area (Å²) in [5.41, 5.74) is -1.28. The third-order valence-corrected chi connectivity index (χ3v) is 8.97. The molecule has 0 radical (unpaired) electrons. The van der Waals surface area contributed by atoms with Gasteiger partial charge in [0.2, 0.25) is 0 Å². The number of cyclic esters (lactones) is 1. The molecule has 152 valence electrons. The maximum absolute atomic E-state index is 12.1. The fraction of sp³-hybridized carbons (Fsp3) is 0.810. The van der Waals surface area contributed by atoms with Gasteiger partial charge in [-0.05, 0) is 43.1 Å². The van der Waals surface area contributed by atoms with Crippen molar-refractivity contribution in [2.24, 2.45) is 17.3 Å². The normalized spacial score (nSPS) is 55.4. The molecule has 2 saturated heterocycles. The molecule has 0 aromatic carbocycles. The molecule has 0 aromatic heterocycles. The lowest BCUT2D eigenvalue weighted by Crippen LogP contribution is -2.74. The average molecular weight is 390 g/mol. The molecule has 2 saturated carbocycles. The van der Waals surface area contributed by atoms with Gasteiger partial charge in [-0.2, -0.15) is 0 Å². The van der Waals surface area contributed by atoms with Crippen LogP contribution in [0.25, 0.3) is 0 Å². The van der Waals surface area contributed by atoms with Crippen molar-refractivity contribution in [2.45, 2.75) is 81.6 Å². The molecule has 3 heterocycles. The Balaban J connectivity index is 1.48. The smallest absolute Gasteiger partial charge is 0.334 e. The monoisotopic (exact) mass is 390 g/mol. The van der Waals surface area contributed by atoms with Crippen LogP contribution < -0.4 is 0 Å². The number of ether oxygens (including phenoxy) is 4. The molecule has 28 heavy (non-hydrogen) atoms. The first kappa shape index (κ1) is 17.4. The molecule has 3 aliphatic carbocycles. The van der Waals surface area contributed by atoms with Crippen molar-refractivity contribution in [1.82, 2.24) is 0 Å². The molecule has 6 aliphatic rings. The van der Waals surface area contributed by atoms with Crippen LogP contribution in [0.2, 0.25) is 0 Å². The maximum Gasteiger partial charge on any atom is 0.334 e. The highest BCUT2D eigenvalue weighted by atomic mass is 16.7. The lowest BCUT2D eigenvalue weighted by molar-refractivity contribution is -0.225. The minimum Gasteiger partial charge on any atom is -0.458 e. The quantitative estimate of drug-likeness (QED) is 0.440. The Morgan fingerprint density at radius 2 is 2.04 bits per heavy atom. The number of carbonyl (C=O) groups excluding carboxylic acids is 2. The first-order valence-corrected chi connectivity index (χ1v) is 10.3. The van der Waals surface area contributed by atoms with Crippen molar-refractivity contribution in [3.8, 4) is 0 Å². The molecular weight excluding hydrogens is 364 g/mol. The summed E-state index contributed by atoms with van der Waals surface area (Å²) in [6, 6.07) is 0. The van der Waals surface area contributed by atoms with Crippen LogP contribution in [-0.2, 0) is 28.5 Å². The van der Waals surface area contributed by atoms with Gasteiger partial charge in [-0.25, -0.2) is 4.79 Å². The van der Waals surface area contributed by atoms with Gasteiger partial charge < -0.3 is 24.1 Å². The molecular formula is C21H26O7. The largest absolute Gasteiger partial charge is 0.458 e. The maximum atomic E-state index is 12.1. The lowest BCUT2D eigenvalue weighted by atomic mass is 9.45. The van der Waals surface area contributed by atoms with E-state index in [0.717, 1.165) is 17.6 Å². The summed E-state index contributed by atoms with van der Waals surface area (Å²) >= 11 is 0. The highest BCUT2D eigenvalue weighted by molar-refractivity contribution is 5.92. The molecule has 8 unspecified atom stereocenters. The molecule has 4 fully saturated rings. The van der Waals surface area contributed by atoms with E-state index >= 15 is 0 Å². The number of fused-ring (bicyclic) bond motifs is 4. The van der Waals surface area contributed by atoms with E-state index in [-0.39, 0.29) is 35.4 Å². The van der Waals surface area contributed by atoms with E-state index in [1.165, 1.54) is 0 Å². The molecule has 0 amide bonds. The van der Waals surface area contributed by atoms with Crippen molar-refractivity contribution in [3.05, 3.63) is 11.1 Å². The van der Waals surface area contributed by atoms with Gasteiger partial charge in [0.1, 0.15) is 35.6 Å². The standard InChI is InChI=1S/C21H26O7/c1-10(2)20-14(27-20)15-21(28-15)18(3)6-4-11-12(8-25-16(11)23)13(18)5-7-19(21,24)17(20)26-9-22/h9-10,13-15,17,24H,4-8H2,1-3H3. The van der Waals surface area contributed by atoms with E-state index in [1.54, 1.807) is 0 Å². The zero-order chi connectivity index (χ0) is 19.7. The number of aliphatic hydroxyl groups is 1. The Morgan fingerprint density at radius 1 is 1.25 bits per heavy atom. The van der Waals surface area contributed by atoms with E-state index in [0.29, 0.717) is 32.3 Å². The predicted octanol–water partition coefficient (Wildman–Crippen LogP) is 1.27. The molecule has 7 heteroatoms. The van der Waals surface area contributed by atoms with Crippen molar-refractivity contribution in [2.75, 3.05) is 6.61 Å². The number of hydrogen-bond acceptors (Lipinski definition) is 7. The van der Waals surface area contributed by atoms with Crippen LogP contribution in [0.4, 0.5) is 0 Å². The van der Waals surface area contributed by atoms with Crippen LogP contribution in [0.3, 0.4) is 0 Å². The lowest BCUT2D eigenvalue weighted by Gasteiger charge is -2.59. The number of rotatable bonds is 3.